The van der Waals surface area contributed by atoms with Gasteiger partial charge in [0.05, 0.1) is 0 Å². The Balaban J connectivity index is 2.16. The fraction of sp³-hybridized carbons (Fsp3) is 0.190. The van der Waals surface area contributed by atoms with Gasteiger partial charge in [-0.3, -0.25) is 0 Å². The summed E-state index contributed by atoms with van der Waals surface area (Å²) in [5, 5.41) is 15.0. The Morgan fingerprint density at radius 1 is 1.26 bits per heavy atom. The summed E-state index contributed by atoms with van der Waals surface area (Å²) >= 11 is 6.42. The van der Waals surface area contributed by atoms with Crippen molar-refractivity contribution in [1.82, 2.24) is 0 Å². The van der Waals surface area contributed by atoms with Gasteiger partial charge in [0.2, 0.25) is 0 Å². The maximum atomic E-state index is 10.2. The van der Waals surface area contributed by atoms with Gasteiger partial charge in [-0.2, -0.15) is 0 Å². The average Bonchev–Trinajstić information content (AvgIpc) is 2.95. The molecular weight excluding hydrogens is 596 g/mol. The zero-order valence-corrected chi connectivity index (χ0v) is 21.6. The van der Waals surface area contributed by atoms with E-state index in [0.717, 1.165) is 28.7 Å². The fourth-order valence-corrected chi connectivity index (χ4v) is 13.8. The van der Waals surface area contributed by atoms with Gasteiger partial charge in [-0.05, 0) is 0 Å². The quantitative estimate of drug-likeness (QED) is 0.354. The van der Waals surface area contributed by atoms with E-state index in [0.29, 0.717) is 5.75 Å². The summed E-state index contributed by atoms with van der Waals surface area (Å²) in [5.41, 5.74) is 2.33. The van der Waals surface area contributed by atoms with E-state index in [1.54, 1.807) is 6.07 Å². The minimum atomic E-state index is -2.06. The Morgan fingerprint density at radius 2 is 2.04 bits per heavy atom. The van der Waals surface area contributed by atoms with Gasteiger partial charge in [0, 0.05) is 0 Å². The summed E-state index contributed by atoms with van der Waals surface area (Å²) in [6, 6.07) is 13.3. The first-order chi connectivity index (χ1) is 12.8. The third-order valence-electron chi connectivity index (χ3n) is 5.27. The molecule has 1 atom stereocenters. The number of rotatable bonds is 3. The number of phenolic OH excluding ortho intramolecular Hbond substituents is 1. The first-order valence-corrected chi connectivity index (χ1v) is 15.1. The van der Waals surface area contributed by atoms with Crippen LogP contribution >= 0.6 is 38.5 Å². The summed E-state index contributed by atoms with van der Waals surface area (Å²) in [5.74, 6) is 0.331. The predicted molar refractivity (Wildman–Crippen MR) is 129 cm³/mol. The van der Waals surface area contributed by atoms with E-state index >= 15 is 0 Å². The normalized spacial score (nSPS) is 17.9. The van der Waals surface area contributed by atoms with Crippen molar-refractivity contribution in [3.8, 4) is 15.8 Å². The van der Waals surface area contributed by atoms with Gasteiger partial charge in [0.25, 0.3) is 0 Å². The second-order valence-corrected chi connectivity index (χ2v) is 16.7. The molecule has 1 aromatic heterocycles. The topological polar surface area (TPSA) is 32.6 Å². The van der Waals surface area contributed by atoms with E-state index in [9.17, 15) is 5.11 Å². The molecule has 0 bridgehead atoms. The number of nitrogens with zero attached hydrogens (tertiary/aromatic N) is 1. The number of benzene rings is 2. The van der Waals surface area contributed by atoms with Gasteiger partial charge in [0.1, 0.15) is 0 Å². The zero-order chi connectivity index (χ0) is 19.3. The van der Waals surface area contributed by atoms with Crippen LogP contribution < -0.4 is 20.9 Å². The molecular formula is C21H19BrINOSeSi. The van der Waals surface area contributed by atoms with Gasteiger partial charge in [-0.25, -0.2) is 0 Å². The third kappa shape index (κ3) is 3.23. The predicted octanol–water partition coefficient (Wildman–Crippen LogP) is 3.76. The number of hydrogen-bond acceptors (Lipinski definition) is 2. The second kappa shape index (κ2) is 7.30. The molecule has 1 aliphatic rings. The van der Waals surface area contributed by atoms with Gasteiger partial charge in [0.15, 0.2) is 0 Å². The van der Waals surface area contributed by atoms with Crippen molar-refractivity contribution in [2.45, 2.75) is 25.9 Å². The number of hydrogen-bond donors (Lipinski definition) is 1. The monoisotopic (exact) mass is 615 g/mol. The fourth-order valence-electron chi connectivity index (χ4n) is 4.14. The minimum absolute atomic E-state index is 0.263. The molecule has 27 heavy (non-hydrogen) atoms. The molecule has 0 saturated heterocycles. The van der Waals surface area contributed by atoms with Crippen LogP contribution in [0.3, 0.4) is 0 Å². The molecule has 0 amide bonds. The molecule has 0 aliphatic carbocycles. The Hall–Kier alpha value is -0.664. The second-order valence-electron chi connectivity index (χ2n) is 7.12. The summed E-state index contributed by atoms with van der Waals surface area (Å²) in [6.45, 7) is 9.08. The van der Waals surface area contributed by atoms with E-state index < -0.39 is 8.07 Å². The number of fused-ring (bicyclic) bond motifs is 2. The summed E-state index contributed by atoms with van der Waals surface area (Å²) in [6.07, 6.45) is 1.11. The summed E-state index contributed by atoms with van der Waals surface area (Å²) < 4.78 is 3.98. The first kappa shape index (κ1) is 19.6. The van der Waals surface area contributed by atoms with Crippen molar-refractivity contribution in [2.24, 2.45) is 4.99 Å². The molecule has 1 N–H and O–H groups in total. The Morgan fingerprint density at radius 3 is 2.70 bits per heavy atom. The van der Waals surface area contributed by atoms with Crippen LogP contribution in [0.4, 0.5) is 5.69 Å². The SMILES string of the molecule is C=c1ccc2c(c1-c1[se]c(Br)cc1I)[Si](C)(CCC)c1cc(O)ccc1N=2. The van der Waals surface area contributed by atoms with Crippen molar-refractivity contribution in [3.05, 3.63) is 53.9 Å². The molecule has 6 heteroatoms. The van der Waals surface area contributed by atoms with E-state index in [2.05, 4.69) is 76.8 Å². The molecule has 2 nitrogen and oxygen atoms in total. The summed E-state index contributed by atoms with van der Waals surface area (Å²) in [7, 11) is -2.06. The van der Waals surface area contributed by atoms with Gasteiger partial charge in [-0.1, -0.05) is 0 Å². The molecule has 0 fully saturated rings. The van der Waals surface area contributed by atoms with E-state index in [1.807, 2.05) is 12.1 Å². The Kier molecular flexibility index (Phi) is 5.31. The third-order valence-corrected chi connectivity index (χ3v) is 14.7. The van der Waals surface area contributed by atoms with Crippen LogP contribution in [0.1, 0.15) is 13.3 Å². The van der Waals surface area contributed by atoms with Crippen molar-refractivity contribution >= 4 is 83.7 Å². The number of halogens is 2. The first-order valence-electron chi connectivity index (χ1n) is 8.85. The van der Waals surface area contributed by atoms with Gasteiger partial charge in [-0.15, -0.1) is 0 Å². The average molecular weight is 615 g/mol. The van der Waals surface area contributed by atoms with Crippen molar-refractivity contribution in [3.63, 3.8) is 0 Å². The van der Waals surface area contributed by atoms with Crippen molar-refractivity contribution in [1.29, 1.82) is 0 Å². The van der Waals surface area contributed by atoms with E-state index in [4.69, 9.17) is 4.99 Å². The molecule has 0 spiro atoms. The summed E-state index contributed by atoms with van der Waals surface area (Å²) in [4.78, 5) is 4.99. The molecule has 138 valence electrons. The van der Waals surface area contributed by atoms with E-state index in [1.165, 1.54) is 27.3 Å². The maximum absolute atomic E-state index is 10.2. The molecule has 0 saturated carbocycles. The molecule has 2 heterocycles. The standard InChI is InChI=1S/C21H19BrINOSeSi/c1-4-9-27(3)17-10-13(25)6-8-15(17)24-16-7-5-12(2)19(21(16)27)20-14(23)11-18(22)26-20/h5-8,10-11,25H,2,4,9H2,1,3H3. The van der Waals surface area contributed by atoms with Gasteiger partial charge < -0.3 is 0 Å². The zero-order valence-electron chi connectivity index (χ0n) is 15.1. The Bertz CT molecular complexity index is 1180. The van der Waals surface area contributed by atoms with Crippen LogP contribution in [0.25, 0.3) is 16.6 Å². The number of phenols is 1. The van der Waals surface area contributed by atoms with Gasteiger partial charge >= 0.3 is 189 Å². The van der Waals surface area contributed by atoms with Crippen LogP contribution in [-0.4, -0.2) is 27.7 Å². The van der Waals surface area contributed by atoms with Crippen LogP contribution in [0.2, 0.25) is 12.6 Å². The molecule has 1 unspecified atom stereocenters. The van der Waals surface area contributed by atoms with Crippen LogP contribution in [0.5, 0.6) is 5.75 Å². The van der Waals surface area contributed by atoms with E-state index in [-0.39, 0.29) is 14.5 Å². The molecule has 3 aromatic rings. The molecule has 2 aromatic carbocycles. The van der Waals surface area contributed by atoms with Crippen molar-refractivity contribution in [2.75, 3.05) is 0 Å². The van der Waals surface area contributed by atoms with Crippen LogP contribution in [0.15, 0.2) is 44.7 Å². The Labute approximate surface area is 188 Å². The molecule has 0 radical (unpaired) electrons. The van der Waals surface area contributed by atoms with Crippen molar-refractivity contribution < 1.29 is 5.11 Å². The molecule has 1 aliphatic heterocycles. The molecule has 4 rings (SSSR count). The van der Waals surface area contributed by atoms with Crippen LogP contribution in [0, 0.1) is 3.57 Å². The van der Waals surface area contributed by atoms with Crippen LogP contribution in [-0.2, 0) is 0 Å². The number of aromatic hydroxyl groups is 1.